The molecule has 0 bridgehead atoms. The Morgan fingerprint density at radius 3 is 1.21 bits per heavy atom. The van der Waals surface area contributed by atoms with E-state index in [-0.39, 0.29) is 0 Å². The van der Waals surface area contributed by atoms with Crippen molar-refractivity contribution >= 4 is 21.7 Å². The van der Waals surface area contributed by atoms with Gasteiger partial charge in [0.2, 0.25) is 0 Å². The van der Waals surface area contributed by atoms with E-state index < -0.39 is 0 Å². The highest BCUT2D eigenvalue weighted by atomic mass is 14.9. The molecule has 2 aromatic heterocycles. The molecule has 0 N–H and O–H groups in total. The van der Waals surface area contributed by atoms with Gasteiger partial charge in [-0.25, -0.2) is 15.0 Å². The summed E-state index contributed by atoms with van der Waals surface area (Å²) in [6.45, 7) is 0. The lowest BCUT2D eigenvalue weighted by molar-refractivity contribution is 1.18. The Morgan fingerprint density at radius 2 is 0.679 bits per heavy atom. The molecule has 0 saturated heterocycles. The van der Waals surface area contributed by atoms with Gasteiger partial charge < -0.3 is 0 Å². The Hall–Kier alpha value is -7.49. The third-order valence-electron chi connectivity index (χ3n) is 10.5. The first-order valence-electron chi connectivity index (χ1n) is 18.9. The van der Waals surface area contributed by atoms with Crippen molar-refractivity contribution in [3.63, 3.8) is 0 Å². The summed E-state index contributed by atoms with van der Waals surface area (Å²) >= 11 is 0. The van der Waals surface area contributed by atoms with Crippen LogP contribution in [0.25, 0.3) is 100 Å². The number of hydrogen-bond donors (Lipinski definition) is 0. The van der Waals surface area contributed by atoms with Gasteiger partial charge in [0.05, 0.1) is 22.6 Å². The smallest absolute Gasteiger partial charge is 0.160 e. The molecule has 0 fully saturated rings. The van der Waals surface area contributed by atoms with Gasteiger partial charge >= 0.3 is 0 Å². The standard InChI is InChI=1S/C53H35N3/c1-5-15-38(16-6-1)46-34-48(40-17-7-2-8-18-40)54-52-47(33-44-23-13-14-24-45(44)51(46)52)39-29-25-36(26-30-39)37-27-31-43(32-28-37)53-55-49(41-19-9-3-10-20-41)35-50(56-53)42-21-11-4-12-22-42/h1-35H. The number of pyridine rings is 1. The second kappa shape index (κ2) is 14.4. The molecule has 56 heavy (non-hydrogen) atoms. The minimum absolute atomic E-state index is 0.701. The van der Waals surface area contributed by atoms with Crippen LogP contribution in [0, 0.1) is 0 Å². The van der Waals surface area contributed by atoms with Crippen LogP contribution in [0.1, 0.15) is 0 Å². The summed E-state index contributed by atoms with van der Waals surface area (Å²) in [5, 5.41) is 3.55. The topological polar surface area (TPSA) is 38.7 Å². The normalized spacial score (nSPS) is 11.2. The quantitative estimate of drug-likeness (QED) is 0.154. The van der Waals surface area contributed by atoms with Gasteiger partial charge in [0, 0.05) is 33.2 Å². The lowest BCUT2D eigenvalue weighted by atomic mass is 9.90. The SMILES string of the molecule is c1ccc(-c2cc(-c3ccccc3)nc(-c3ccc(-c4ccc(-c5cc6ccccc6c6c(-c7ccccc7)cc(-c7ccccc7)nc56)cc4)cc3)n2)cc1. The Bertz CT molecular complexity index is 2900. The van der Waals surface area contributed by atoms with Gasteiger partial charge in [-0.15, -0.1) is 0 Å². The van der Waals surface area contributed by atoms with Crippen LogP contribution in [0.3, 0.4) is 0 Å². The van der Waals surface area contributed by atoms with Crippen LogP contribution < -0.4 is 0 Å². The zero-order chi connectivity index (χ0) is 37.3. The molecule has 0 radical (unpaired) electrons. The Labute approximate surface area is 326 Å². The fourth-order valence-electron chi connectivity index (χ4n) is 7.65. The molecule has 0 spiro atoms. The summed E-state index contributed by atoms with van der Waals surface area (Å²) in [4.78, 5) is 15.5. The van der Waals surface area contributed by atoms with Crippen LogP contribution in [-0.4, -0.2) is 15.0 Å². The Kier molecular flexibility index (Phi) is 8.51. The molecule has 262 valence electrons. The average molecular weight is 714 g/mol. The predicted octanol–water partition coefficient (Wildman–Crippen LogP) is 13.8. The summed E-state index contributed by atoms with van der Waals surface area (Å²) in [6, 6.07) is 74.5. The number of benzene rings is 8. The molecule has 10 rings (SSSR count). The van der Waals surface area contributed by atoms with E-state index >= 15 is 0 Å². The maximum absolute atomic E-state index is 5.42. The third-order valence-corrected chi connectivity index (χ3v) is 10.5. The van der Waals surface area contributed by atoms with E-state index in [0.717, 1.165) is 72.5 Å². The van der Waals surface area contributed by atoms with Gasteiger partial charge in [-0.05, 0) is 56.8 Å². The van der Waals surface area contributed by atoms with Crippen molar-refractivity contribution in [1.82, 2.24) is 15.0 Å². The monoisotopic (exact) mass is 713 g/mol. The number of fused-ring (bicyclic) bond motifs is 3. The molecule has 3 nitrogen and oxygen atoms in total. The maximum atomic E-state index is 5.42. The van der Waals surface area contributed by atoms with Crippen molar-refractivity contribution in [3.8, 4) is 78.5 Å². The van der Waals surface area contributed by atoms with Crippen molar-refractivity contribution in [2.45, 2.75) is 0 Å². The van der Waals surface area contributed by atoms with E-state index in [0.29, 0.717) is 5.82 Å². The molecule has 3 heteroatoms. The average Bonchev–Trinajstić information content (AvgIpc) is 3.29. The van der Waals surface area contributed by atoms with Crippen LogP contribution in [0.5, 0.6) is 0 Å². The lowest BCUT2D eigenvalue weighted by Gasteiger charge is -2.17. The molecule has 0 aliphatic rings. The van der Waals surface area contributed by atoms with E-state index in [1.165, 1.54) is 21.9 Å². The summed E-state index contributed by atoms with van der Waals surface area (Å²) in [5.74, 6) is 0.701. The molecule has 2 heterocycles. The zero-order valence-corrected chi connectivity index (χ0v) is 30.5. The molecule has 0 aliphatic carbocycles. The summed E-state index contributed by atoms with van der Waals surface area (Å²) in [5.41, 5.74) is 14.8. The summed E-state index contributed by atoms with van der Waals surface area (Å²) < 4.78 is 0. The lowest BCUT2D eigenvalue weighted by Crippen LogP contribution is -1.96. The second-order valence-electron chi connectivity index (χ2n) is 14.0. The van der Waals surface area contributed by atoms with E-state index in [9.17, 15) is 0 Å². The highest BCUT2D eigenvalue weighted by Gasteiger charge is 2.18. The highest BCUT2D eigenvalue weighted by molar-refractivity contribution is 6.18. The van der Waals surface area contributed by atoms with Crippen molar-refractivity contribution < 1.29 is 0 Å². The van der Waals surface area contributed by atoms with E-state index in [1.54, 1.807) is 0 Å². The van der Waals surface area contributed by atoms with Gasteiger partial charge in [-0.1, -0.05) is 194 Å². The molecule has 0 atom stereocenters. The molecule has 0 saturated carbocycles. The number of hydrogen-bond acceptors (Lipinski definition) is 3. The molecule has 10 aromatic rings. The molecular weight excluding hydrogens is 679 g/mol. The summed E-state index contributed by atoms with van der Waals surface area (Å²) in [7, 11) is 0. The first-order valence-corrected chi connectivity index (χ1v) is 18.9. The largest absolute Gasteiger partial charge is 0.247 e. The van der Waals surface area contributed by atoms with Gasteiger partial charge in [0.25, 0.3) is 0 Å². The fraction of sp³-hybridized carbons (Fsp3) is 0. The minimum Gasteiger partial charge on any atom is -0.247 e. The van der Waals surface area contributed by atoms with E-state index in [1.807, 2.05) is 36.4 Å². The number of aromatic nitrogens is 3. The van der Waals surface area contributed by atoms with Gasteiger partial charge in [0.1, 0.15) is 0 Å². The van der Waals surface area contributed by atoms with Gasteiger partial charge in [-0.2, -0.15) is 0 Å². The molecule has 0 unspecified atom stereocenters. The summed E-state index contributed by atoms with van der Waals surface area (Å²) in [6.07, 6.45) is 0. The van der Waals surface area contributed by atoms with Crippen LogP contribution in [0.15, 0.2) is 212 Å². The van der Waals surface area contributed by atoms with Crippen molar-refractivity contribution in [1.29, 1.82) is 0 Å². The number of nitrogens with zero attached hydrogens (tertiary/aromatic N) is 3. The first-order chi connectivity index (χ1) is 27.7. The maximum Gasteiger partial charge on any atom is 0.160 e. The van der Waals surface area contributed by atoms with Gasteiger partial charge in [0.15, 0.2) is 5.82 Å². The van der Waals surface area contributed by atoms with Crippen LogP contribution in [-0.2, 0) is 0 Å². The molecule has 8 aromatic carbocycles. The first kappa shape index (κ1) is 33.1. The van der Waals surface area contributed by atoms with Crippen LogP contribution in [0.4, 0.5) is 0 Å². The molecular formula is C53H35N3. The highest BCUT2D eigenvalue weighted by Crippen LogP contribution is 2.41. The third kappa shape index (κ3) is 6.31. The van der Waals surface area contributed by atoms with Crippen LogP contribution in [0.2, 0.25) is 0 Å². The zero-order valence-electron chi connectivity index (χ0n) is 30.5. The predicted molar refractivity (Wildman–Crippen MR) is 233 cm³/mol. The van der Waals surface area contributed by atoms with Crippen LogP contribution >= 0.6 is 0 Å². The second-order valence-corrected chi connectivity index (χ2v) is 14.0. The molecule has 0 aliphatic heterocycles. The number of rotatable bonds is 7. The van der Waals surface area contributed by atoms with E-state index in [2.05, 4.69) is 176 Å². The van der Waals surface area contributed by atoms with Gasteiger partial charge in [-0.3, -0.25) is 0 Å². The van der Waals surface area contributed by atoms with E-state index in [4.69, 9.17) is 15.0 Å². The molecule has 0 amide bonds. The van der Waals surface area contributed by atoms with Crippen molar-refractivity contribution in [3.05, 3.63) is 212 Å². The van der Waals surface area contributed by atoms with Crippen molar-refractivity contribution in [2.75, 3.05) is 0 Å². The Morgan fingerprint density at radius 1 is 0.268 bits per heavy atom. The fourth-order valence-corrected chi connectivity index (χ4v) is 7.65. The Balaban J connectivity index is 1.05. The van der Waals surface area contributed by atoms with Crippen molar-refractivity contribution in [2.24, 2.45) is 0 Å². The minimum atomic E-state index is 0.701.